The molecule has 1 aromatic carbocycles. The average molecular weight is 339 g/mol. The van der Waals surface area contributed by atoms with E-state index in [2.05, 4.69) is 10.6 Å². The van der Waals surface area contributed by atoms with Crippen LogP contribution in [0.25, 0.3) is 6.08 Å². The molecule has 1 saturated heterocycles. The van der Waals surface area contributed by atoms with Gasteiger partial charge in [-0.3, -0.25) is 10.1 Å². The second kappa shape index (κ2) is 7.37. The molecule has 0 aromatic heterocycles. The quantitative estimate of drug-likeness (QED) is 0.617. The highest BCUT2D eigenvalue weighted by Gasteiger charge is 2.23. The van der Waals surface area contributed by atoms with E-state index in [0.717, 1.165) is 6.42 Å². The summed E-state index contributed by atoms with van der Waals surface area (Å²) in [6, 6.07) is 2.83. The van der Waals surface area contributed by atoms with Crippen LogP contribution in [0.4, 0.5) is 4.79 Å². The van der Waals surface area contributed by atoms with Crippen LogP contribution < -0.4 is 20.1 Å². The van der Waals surface area contributed by atoms with Gasteiger partial charge in [0.05, 0.1) is 17.7 Å². The summed E-state index contributed by atoms with van der Waals surface area (Å²) < 4.78 is 11.4. The first kappa shape index (κ1) is 17.1. The third-order valence-electron chi connectivity index (χ3n) is 3.26. The Morgan fingerprint density at radius 2 is 2.00 bits per heavy atom. The minimum absolute atomic E-state index is 0.00388. The molecule has 3 amide bonds. The molecule has 7 heteroatoms. The number of hydrogen-bond donors (Lipinski definition) is 2. The first-order valence-electron chi connectivity index (χ1n) is 7.41. The molecular weight excluding hydrogens is 320 g/mol. The minimum atomic E-state index is -0.547. The largest absolute Gasteiger partial charge is 0.490 e. The molecule has 124 valence electrons. The number of carbonyl (C=O) groups is 2. The molecule has 0 spiro atoms. The number of amides is 3. The fraction of sp³-hybridized carbons (Fsp3) is 0.375. The highest BCUT2D eigenvalue weighted by atomic mass is 35.5. The Kier molecular flexibility index (Phi) is 5.50. The second-order valence-electron chi connectivity index (χ2n) is 5.07. The van der Waals surface area contributed by atoms with Gasteiger partial charge in [0.25, 0.3) is 5.91 Å². The van der Waals surface area contributed by atoms with Crippen molar-refractivity contribution in [1.82, 2.24) is 10.6 Å². The maximum Gasteiger partial charge on any atom is 0.326 e. The van der Waals surface area contributed by atoms with Gasteiger partial charge >= 0.3 is 6.03 Å². The highest BCUT2D eigenvalue weighted by molar-refractivity contribution is 6.32. The Morgan fingerprint density at radius 3 is 2.57 bits per heavy atom. The van der Waals surface area contributed by atoms with E-state index in [0.29, 0.717) is 28.7 Å². The second-order valence-corrected chi connectivity index (χ2v) is 5.47. The van der Waals surface area contributed by atoms with Gasteiger partial charge in [-0.15, -0.1) is 0 Å². The third kappa shape index (κ3) is 4.16. The number of rotatable bonds is 6. The standard InChI is InChI=1S/C16H19ClN2O4/c1-4-9(3)23-14-11(17)6-10(8-13(14)22-5-2)7-12-15(20)19-16(21)18-12/h6-9H,4-5H2,1-3H3,(H2,18,19,20,21)/b12-7-/t9-/m1/s1. The molecule has 2 N–H and O–H groups in total. The van der Waals surface area contributed by atoms with E-state index in [1.807, 2.05) is 20.8 Å². The Labute approximate surface area is 139 Å². The Morgan fingerprint density at radius 1 is 1.26 bits per heavy atom. The summed E-state index contributed by atoms with van der Waals surface area (Å²) in [6.07, 6.45) is 2.36. The Hall–Kier alpha value is -2.21. The van der Waals surface area contributed by atoms with Crippen molar-refractivity contribution in [3.63, 3.8) is 0 Å². The number of carbonyl (C=O) groups excluding carboxylic acids is 2. The van der Waals surface area contributed by atoms with Gasteiger partial charge in [-0.2, -0.15) is 0 Å². The molecule has 1 fully saturated rings. The predicted molar refractivity (Wildman–Crippen MR) is 87.7 cm³/mol. The summed E-state index contributed by atoms with van der Waals surface area (Å²) in [4.78, 5) is 22.7. The van der Waals surface area contributed by atoms with Gasteiger partial charge in [-0.1, -0.05) is 18.5 Å². The number of ether oxygens (including phenoxy) is 2. The number of benzene rings is 1. The smallest absolute Gasteiger partial charge is 0.326 e. The monoisotopic (exact) mass is 338 g/mol. The van der Waals surface area contributed by atoms with Crippen LogP contribution in [0.2, 0.25) is 5.02 Å². The number of imide groups is 1. The maximum absolute atomic E-state index is 11.6. The first-order chi connectivity index (χ1) is 10.9. The van der Waals surface area contributed by atoms with Crippen molar-refractivity contribution in [3.8, 4) is 11.5 Å². The van der Waals surface area contributed by atoms with Gasteiger partial charge < -0.3 is 14.8 Å². The maximum atomic E-state index is 11.6. The minimum Gasteiger partial charge on any atom is -0.490 e. The summed E-state index contributed by atoms with van der Waals surface area (Å²) in [5, 5.41) is 4.95. The van der Waals surface area contributed by atoms with E-state index < -0.39 is 11.9 Å². The van der Waals surface area contributed by atoms with Crippen LogP contribution in [-0.2, 0) is 4.79 Å². The lowest BCUT2D eigenvalue weighted by molar-refractivity contribution is -0.115. The van der Waals surface area contributed by atoms with E-state index >= 15 is 0 Å². The topological polar surface area (TPSA) is 76.7 Å². The average Bonchev–Trinajstić information content (AvgIpc) is 2.80. The van der Waals surface area contributed by atoms with Gasteiger partial charge in [-0.05, 0) is 44.0 Å². The highest BCUT2D eigenvalue weighted by Crippen LogP contribution is 2.38. The van der Waals surface area contributed by atoms with Crippen molar-refractivity contribution >= 4 is 29.6 Å². The summed E-state index contributed by atoms with van der Waals surface area (Å²) in [5.74, 6) is 0.492. The van der Waals surface area contributed by atoms with Crippen LogP contribution in [0.1, 0.15) is 32.8 Å². The molecule has 0 unspecified atom stereocenters. The van der Waals surface area contributed by atoms with Gasteiger partial charge in [0.2, 0.25) is 0 Å². The third-order valence-corrected chi connectivity index (χ3v) is 3.54. The fourth-order valence-corrected chi connectivity index (χ4v) is 2.25. The van der Waals surface area contributed by atoms with Gasteiger partial charge in [0, 0.05) is 0 Å². The number of urea groups is 1. The van der Waals surface area contributed by atoms with E-state index in [-0.39, 0.29) is 11.8 Å². The zero-order valence-corrected chi connectivity index (χ0v) is 14.0. The SMILES string of the molecule is CCOc1cc(/C=C2\NC(=O)NC2=O)cc(Cl)c1O[C@H](C)CC. The summed E-state index contributed by atoms with van der Waals surface area (Å²) >= 11 is 6.30. The first-order valence-corrected chi connectivity index (χ1v) is 7.79. The van der Waals surface area contributed by atoms with Crippen molar-refractivity contribution in [3.05, 3.63) is 28.4 Å². The van der Waals surface area contributed by atoms with Crippen LogP contribution >= 0.6 is 11.6 Å². The van der Waals surface area contributed by atoms with Gasteiger partial charge in [0.15, 0.2) is 11.5 Å². The van der Waals surface area contributed by atoms with Crippen molar-refractivity contribution in [2.75, 3.05) is 6.61 Å². The van der Waals surface area contributed by atoms with Crippen LogP contribution in [0, 0.1) is 0 Å². The van der Waals surface area contributed by atoms with Crippen molar-refractivity contribution in [1.29, 1.82) is 0 Å². The molecular formula is C16H19ClN2O4. The predicted octanol–water partition coefficient (Wildman–Crippen LogP) is 3.10. The summed E-state index contributed by atoms with van der Waals surface area (Å²) in [5.41, 5.74) is 0.784. The van der Waals surface area contributed by atoms with Gasteiger partial charge in [0.1, 0.15) is 5.70 Å². The van der Waals surface area contributed by atoms with E-state index in [4.69, 9.17) is 21.1 Å². The molecule has 1 aliphatic heterocycles. The molecule has 0 bridgehead atoms. The van der Waals surface area contributed by atoms with Crippen molar-refractivity contribution in [2.45, 2.75) is 33.3 Å². The van der Waals surface area contributed by atoms with Crippen LogP contribution in [-0.4, -0.2) is 24.6 Å². The molecule has 2 rings (SSSR count). The Bertz CT molecular complexity index is 658. The zero-order chi connectivity index (χ0) is 17.0. The summed E-state index contributed by atoms with van der Waals surface area (Å²) in [7, 11) is 0. The fourth-order valence-electron chi connectivity index (χ4n) is 1.98. The van der Waals surface area contributed by atoms with E-state index in [9.17, 15) is 9.59 Å². The van der Waals surface area contributed by atoms with Crippen LogP contribution in [0.15, 0.2) is 17.8 Å². The number of halogens is 1. The molecule has 0 aliphatic carbocycles. The number of nitrogens with one attached hydrogen (secondary N) is 2. The van der Waals surface area contributed by atoms with Crippen molar-refractivity contribution < 1.29 is 19.1 Å². The van der Waals surface area contributed by atoms with E-state index in [1.54, 1.807) is 12.1 Å². The van der Waals surface area contributed by atoms with Crippen molar-refractivity contribution in [2.24, 2.45) is 0 Å². The zero-order valence-electron chi connectivity index (χ0n) is 13.2. The molecule has 1 heterocycles. The van der Waals surface area contributed by atoms with E-state index in [1.165, 1.54) is 6.08 Å². The molecule has 0 saturated carbocycles. The Balaban J connectivity index is 2.37. The van der Waals surface area contributed by atoms with Crippen LogP contribution in [0.5, 0.6) is 11.5 Å². The van der Waals surface area contributed by atoms with Gasteiger partial charge in [-0.25, -0.2) is 4.79 Å². The summed E-state index contributed by atoms with van der Waals surface area (Å²) in [6.45, 7) is 6.26. The molecule has 1 aliphatic rings. The molecule has 0 radical (unpaired) electrons. The number of hydrogen-bond acceptors (Lipinski definition) is 4. The lowest BCUT2D eigenvalue weighted by atomic mass is 10.1. The molecule has 6 nitrogen and oxygen atoms in total. The lowest BCUT2D eigenvalue weighted by Crippen LogP contribution is -2.22. The molecule has 1 aromatic rings. The lowest BCUT2D eigenvalue weighted by Gasteiger charge is -2.18. The normalized spacial score (nSPS) is 17.0. The molecule has 23 heavy (non-hydrogen) atoms. The van der Waals surface area contributed by atoms with Crippen LogP contribution in [0.3, 0.4) is 0 Å². The molecule has 1 atom stereocenters.